The molecule has 13 heavy (non-hydrogen) atoms. The van der Waals surface area contributed by atoms with Crippen LogP contribution in [0.25, 0.3) is 0 Å². The molecule has 0 amide bonds. The van der Waals surface area contributed by atoms with Crippen molar-refractivity contribution < 1.29 is 5.11 Å². The van der Waals surface area contributed by atoms with E-state index < -0.39 is 0 Å². The van der Waals surface area contributed by atoms with Gasteiger partial charge in [-0.15, -0.1) is 0 Å². The molecule has 0 spiro atoms. The summed E-state index contributed by atoms with van der Waals surface area (Å²) < 4.78 is 0. The number of hydrogen-bond acceptors (Lipinski definition) is 1. The summed E-state index contributed by atoms with van der Waals surface area (Å²) in [5, 5.41) is 8.80. The fourth-order valence-electron chi connectivity index (χ4n) is 1.38. The molecule has 0 radical (unpaired) electrons. The van der Waals surface area contributed by atoms with Gasteiger partial charge in [0.2, 0.25) is 0 Å². The fraction of sp³-hybridized carbons (Fsp3) is 0.333. The third-order valence-corrected chi connectivity index (χ3v) is 2.26. The Morgan fingerprint density at radius 3 is 2.77 bits per heavy atom. The van der Waals surface area contributed by atoms with Crippen molar-refractivity contribution in [2.75, 3.05) is 6.61 Å². The van der Waals surface area contributed by atoms with E-state index in [0.29, 0.717) is 5.92 Å². The molecule has 1 aliphatic rings. The van der Waals surface area contributed by atoms with Gasteiger partial charge in [-0.2, -0.15) is 0 Å². The highest BCUT2D eigenvalue weighted by Crippen LogP contribution is 2.25. The minimum absolute atomic E-state index is 0.213. The van der Waals surface area contributed by atoms with Crippen molar-refractivity contribution >= 4 is 0 Å². The standard InChI is InChI=1S/C12H16O/c1-9(2)12-5-4-11(6-7-13)10(3)8-12/h4-5,8,11,13H,1,3,6-7H2,2H3. The van der Waals surface area contributed by atoms with E-state index in [1.165, 1.54) is 0 Å². The Bertz CT molecular complexity index is 281. The third kappa shape index (κ3) is 2.43. The van der Waals surface area contributed by atoms with Crippen molar-refractivity contribution in [2.45, 2.75) is 13.3 Å². The van der Waals surface area contributed by atoms with Gasteiger partial charge in [0, 0.05) is 12.5 Å². The topological polar surface area (TPSA) is 20.2 Å². The molecule has 1 aliphatic carbocycles. The highest BCUT2D eigenvalue weighted by atomic mass is 16.3. The zero-order chi connectivity index (χ0) is 9.84. The summed E-state index contributed by atoms with van der Waals surface area (Å²) >= 11 is 0. The van der Waals surface area contributed by atoms with Crippen LogP contribution in [0.1, 0.15) is 13.3 Å². The maximum atomic E-state index is 8.80. The second-order valence-corrected chi connectivity index (χ2v) is 3.43. The summed E-state index contributed by atoms with van der Waals surface area (Å²) in [4.78, 5) is 0. The van der Waals surface area contributed by atoms with Crippen LogP contribution in [0, 0.1) is 5.92 Å². The SMILES string of the molecule is C=C(C)C1=CC(=C)C(CCO)C=C1. The molecule has 0 saturated carbocycles. The van der Waals surface area contributed by atoms with E-state index in [2.05, 4.69) is 25.3 Å². The average Bonchev–Trinajstić information content (AvgIpc) is 2.08. The van der Waals surface area contributed by atoms with Crippen LogP contribution in [0.4, 0.5) is 0 Å². The molecule has 1 rings (SSSR count). The lowest BCUT2D eigenvalue weighted by atomic mass is 9.88. The Kier molecular flexibility index (Phi) is 3.26. The monoisotopic (exact) mass is 176 g/mol. The van der Waals surface area contributed by atoms with Gasteiger partial charge >= 0.3 is 0 Å². The lowest BCUT2D eigenvalue weighted by Gasteiger charge is -2.17. The van der Waals surface area contributed by atoms with E-state index in [9.17, 15) is 0 Å². The number of rotatable bonds is 3. The van der Waals surface area contributed by atoms with Crippen LogP contribution in [0.15, 0.2) is 48.1 Å². The molecule has 0 saturated heterocycles. The average molecular weight is 176 g/mol. The Balaban J connectivity index is 2.73. The van der Waals surface area contributed by atoms with Gasteiger partial charge in [0.15, 0.2) is 0 Å². The number of allylic oxidation sites excluding steroid dienone is 6. The van der Waals surface area contributed by atoms with Crippen LogP contribution in [0.5, 0.6) is 0 Å². The molecule has 1 unspecified atom stereocenters. The maximum absolute atomic E-state index is 8.80. The van der Waals surface area contributed by atoms with Crippen LogP contribution in [0.2, 0.25) is 0 Å². The summed E-state index contributed by atoms with van der Waals surface area (Å²) in [6, 6.07) is 0. The van der Waals surface area contributed by atoms with Crippen molar-refractivity contribution in [1.29, 1.82) is 0 Å². The van der Waals surface area contributed by atoms with E-state index in [1.807, 2.05) is 13.0 Å². The zero-order valence-corrected chi connectivity index (χ0v) is 8.09. The van der Waals surface area contributed by atoms with Crippen LogP contribution >= 0.6 is 0 Å². The van der Waals surface area contributed by atoms with E-state index in [1.54, 1.807) is 0 Å². The minimum Gasteiger partial charge on any atom is -0.396 e. The molecule has 1 nitrogen and oxygen atoms in total. The molecule has 0 heterocycles. The molecule has 70 valence electrons. The number of aliphatic hydroxyl groups is 1. The lowest BCUT2D eigenvalue weighted by Crippen LogP contribution is -2.05. The second-order valence-electron chi connectivity index (χ2n) is 3.43. The first-order chi connectivity index (χ1) is 6.15. The summed E-state index contributed by atoms with van der Waals surface area (Å²) in [5.74, 6) is 0.299. The van der Waals surface area contributed by atoms with Crippen LogP contribution < -0.4 is 0 Å². The Morgan fingerprint density at radius 1 is 1.62 bits per heavy atom. The van der Waals surface area contributed by atoms with Gasteiger partial charge in [0.1, 0.15) is 0 Å². The molecular weight excluding hydrogens is 160 g/mol. The van der Waals surface area contributed by atoms with Gasteiger partial charge in [0.05, 0.1) is 0 Å². The first-order valence-corrected chi connectivity index (χ1v) is 4.50. The maximum Gasteiger partial charge on any atom is 0.0439 e. The van der Waals surface area contributed by atoms with Gasteiger partial charge in [-0.1, -0.05) is 37.0 Å². The third-order valence-electron chi connectivity index (χ3n) is 2.26. The highest BCUT2D eigenvalue weighted by Gasteiger charge is 2.11. The molecule has 0 fully saturated rings. The van der Waals surface area contributed by atoms with Crippen molar-refractivity contribution in [3.8, 4) is 0 Å². The molecule has 0 aromatic carbocycles. The molecule has 0 aromatic rings. The summed E-state index contributed by atoms with van der Waals surface area (Å²) in [5.41, 5.74) is 3.26. The van der Waals surface area contributed by atoms with E-state index in [-0.39, 0.29) is 6.61 Å². The molecule has 1 atom stereocenters. The Morgan fingerprint density at radius 2 is 2.31 bits per heavy atom. The first kappa shape index (κ1) is 10.0. The summed E-state index contributed by atoms with van der Waals surface area (Å²) in [6.07, 6.45) is 6.94. The number of hydrogen-bond donors (Lipinski definition) is 1. The Hall–Kier alpha value is -1.08. The molecule has 1 N–H and O–H groups in total. The van der Waals surface area contributed by atoms with E-state index in [0.717, 1.165) is 23.1 Å². The molecule has 0 aliphatic heterocycles. The van der Waals surface area contributed by atoms with Crippen molar-refractivity contribution in [2.24, 2.45) is 5.92 Å². The molecule has 0 bridgehead atoms. The summed E-state index contributed by atoms with van der Waals surface area (Å²) in [7, 11) is 0. The largest absolute Gasteiger partial charge is 0.396 e. The zero-order valence-electron chi connectivity index (χ0n) is 8.09. The van der Waals surface area contributed by atoms with Gasteiger partial charge < -0.3 is 5.11 Å². The lowest BCUT2D eigenvalue weighted by molar-refractivity contribution is 0.277. The van der Waals surface area contributed by atoms with Gasteiger partial charge in [-0.3, -0.25) is 0 Å². The van der Waals surface area contributed by atoms with Crippen molar-refractivity contribution in [1.82, 2.24) is 0 Å². The first-order valence-electron chi connectivity index (χ1n) is 4.50. The normalized spacial score (nSPS) is 21.5. The molecule has 0 aromatic heterocycles. The highest BCUT2D eigenvalue weighted by molar-refractivity contribution is 5.46. The number of aliphatic hydroxyl groups excluding tert-OH is 1. The summed E-state index contributed by atoms with van der Waals surface area (Å²) in [6.45, 7) is 10.0. The van der Waals surface area contributed by atoms with Crippen molar-refractivity contribution in [3.05, 3.63) is 48.1 Å². The van der Waals surface area contributed by atoms with Gasteiger partial charge in [0.25, 0.3) is 0 Å². The fourth-order valence-corrected chi connectivity index (χ4v) is 1.38. The van der Waals surface area contributed by atoms with Gasteiger partial charge in [-0.25, -0.2) is 0 Å². The molecule has 1 heteroatoms. The van der Waals surface area contributed by atoms with E-state index >= 15 is 0 Å². The smallest absolute Gasteiger partial charge is 0.0439 e. The van der Waals surface area contributed by atoms with Crippen LogP contribution in [0.3, 0.4) is 0 Å². The van der Waals surface area contributed by atoms with E-state index in [4.69, 9.17) is 5.11 Å². The molecular formula is C12H16O. The minimum atomic E-state index is 0.213. The van der Waals surface area contributed by atoms with Crippen molar-refractivity contribution in [3.63, 3.8) is 0 Å². The quantitative estimate of drug-likeness (QED) is 0.700. The van der Waals surface area contributed by atoms with Crippen LogP contribution in [-0.4, -0.2) is 11.7 Å². The van der Waals surface area contributed by atoms with Crippen LogP contribution in [-0.2, 0) is 0 Å². The predicted molar refractivity (Wildman–Crippen MR) is 56.4 cm³/mol. The Labute approximate surface area is 79.8 Å². The predicted octanol–water partition coefficient (Wildman–Crippen LogP) is 2.61. The second kappa shape index (κ2) is 4.24. The van der Waals surface area contributed by atoms with Gasteiger partial charge in [-0.05, 0) is 24.5 Å².